The molecule has 2 aliphatic rings. The number of thiazole rings is 1. The molecule has 2 aromatic rings. The van der Waals surface area contributed by atoms with Crippen LogP contribution in [0.5, 0.6) is 0 Å². The van der Waals surface area contributed by atoms with Crippen LogP contribution in [-0.2, 0) is 22.6 Å². The van der Waals surface area contributed by atoms with E-state index in [2.05, 4.69) is 26.3 Å². The highest BCUT2D eigenvalue weighted by molar-refractivity contribution is 7.09. The molecule has 2 aromatic heterocycles. The van der Waals surface area contributed by atoms with Gasteiger partial charge in [-0.3, -0.25) is 9.88 Å². The molecular weight excluding hydrogens is 334 g/mol. The first kappa shape index (κ1) is 17.1. The maximum atomic E-state index is 6.14. The largest absolute Gasteiger partial charge is 0.377 e. The van der Waals surface area contributed by atoms with Crippen LogP contribution in [-0.4, -0.2) is 47.3 Å². The lowest BCUT2D eigenvalue weighted by atomic mass is 9.73. The second kappa shape index (κ2) is 7.91. The summed E-state index contributed by atoms with van der Waals surface area (Å²) in [4.78, 5) is 11.1. The van der Waals surface area contributed by atoms with Crippen LogP contribution in [0.25, 0.3) is 0 Å². The molecule has 134 valence electrons. The number of rotatable bonds is 6. The summed E-state index contributed by atoms with van der Waals surface area (Å²) in [6.45, 7) is 5.31. The van der Waals surface area contributed by atoms with Crippen LogP contribution in [0.2, 0.25) is 0 Å². The van der Waals surface area contributed by atoms with Crippen molar-refractivity contribution in [3.63, 3.8) is 0 Å². The Morgan fingerprint density at radius 3 is 3.24 bits per heavy atom. The molecule has 25 heavy (non-hydrogen) atoms. The summed E-state index contributed by atoms with van der Waals surface area (Å²) in [6.07, 6.45) is 9.28. The third kappa shape index (κ3) is 4.08. The number of hydrogen-bond acceptors (Lipinski definition) is 6. The molecule has 0 N–H and O–H groups in total. The minimum Gasteiger partial charge on any atom is -0.377 e. The summed E-state index contributed by atoms with van der Waals surface area (Å²) in [7, 11) is 0. The highest BCUT2D eigenvalue weighted by Gasteiger charge is 2.46. The number of piperidine rings is 1. The van der Waals surface area contributed by atoms with Crippen LogP contribution >= 0.6 is 11.3 Å². The zero-order chi connectivity index (χ0) is 17.0. The maximum absolute atomic E-state index is 6.14. The fourth-order valence-electron chi connectivity index (χ4n) is 4.11. The van der Waals surface area contributed by atoms with Crippen LogP contribution < -0.4 is 0 Å². The van der Waals surface area contributed by atoms with Gasteiger partial charge < -0.3 is 9.47 Å². The van der Waals surface area contributed by atoms with E-state index >= 15 is 0 Å². The van der Waals surface area contributed by atoms with Gasteiger partial charge in [-0.25, -0.2) is 4.98 Å². The van der Waals surface area contributed by atoms with Gasteiger partial charge in [0, 0.05) is 49.1 Å². The van der Waals surface area contributed by atoms with E-state index in [-0.39, 0.29) is 5.41 Å². The Labute approximate surface area is 153 Å². The molecule has 0 saturated carbocycles. The quantitative estimate of drug-likeness (QED) is 0.793. The van der Waals surface area contributed by atoms with Crippen molar-refractivity contribution in [1.29, 1.82) is 0 Å². The first-order valence-corrected chi connectivity index (χ1v) is 9.91. The monoisotopic (exact) mass is 359 g/mol. The van der Waals surface area contributed by atoms with E-state index in [1.807, 2.05) is 18.5 Å². The van der Waals surface area contributed by atoms with E-state index in [0.717, 1.165) is 51.3 Å². The Kier molecular flexibility index (Phi) is 5.41. The van der Waals surface area contributed by atoms with Gasteiger partial charge in [-0.15, -0.1) is 11.3 Å². The third-order valence-electron chi connectivity index (χ3n) is 5.29. The SMILES string of the molecule is c1cncc(COC[C@@]23CCCO[C@@H]2CCN(Cc2nccs2)C3)c1. The Balaban J connectivity index is 1.40. The molecule has 4 heterocycles. The van der Waals surface area contributed by atoms with Crippen molar-refractivity contribution in [2.24, 2.45) is 5.41 Å². The van der Waals surface area contributed by atoms with Crippen molar-refractivity contribution < 1.29 is 9.47 Å². The summed E-state index contributed by atoms with van der Waals surface area (Å²) in [5.74, 6) is 0. The van der Waals surface area contributed by atoms with Crippen molar-refractivity contribution in [2.45, 2.75) is 38.5 Å². The first-order chi connectivity index (χ1) is 12.3. The summed E-state index contributed by atoms with van der Waals surface area (Å²) in [5, 5.41) is 3.25. The lowest BCUT2D eigenvalue weighted by Crippen LogP contribution is -2.56. The van der Waals surface area contributed by atoms with E-state index in [0.29, 0.717) is 12.7 Å². The molecule has 0 radical (unpaired) electrons. The zero-order valence-electron chi connectivity index (χ0n) is 14.5. The van der Waals surface area contributed by atoms with Crippen LogP contribution in [0.4, 0.5) is 0 Å². The van der Waals surface area contributed by atoms with E-state index < -0.39 is 0 Å². The number of nitrogens with zero attached hydrogens (tertiary/aromatic N) is 3. The second-order valence-electron chi connectivity index (χ2n) is 7.10. The average Bonchev–Trinajstić information content (AvgIpc) is 3.15. The van der Waals surface area contributed by atoms with Gasteiger partial charge in [0.05, 0.1) is 25.9 Å². The minimum absolute atomic E-state index is 0.107. The number of fused-ring (bicyclic) bond motifs is 1. The normalized spacial score (nSPS) is 27.1. The Hall–Kier alpha value is -1.34. The van der Waals surface area contributed by atoms with Gasteiger partial charge in [0.15, 0.2) is 0 Å². The first-order valence-electron chi connectivity index (χ1n) is 9.03. The van der Waals surface area contributed by atoms with E-state index in [4.69, 9.17) is 9.47 Å². The summed E-state index contributed by atoms with van der Waals surface area (Å²) in [6, 6.07) is 4.02. The highest BCUT2D eigenvalue weighted by atomic mass is 32.1. The fourth-order valence-corrected chi connectivity index (χ4v) is 4.76. The van der Waals surface area contributed by atoms with Crippen molar-refractivity contribution in [1.82, 2.24) is 14.9 Å². The molecule has 0 amide bonds. The predicted molar refractivity (Wildman–Crippen MR) is 97.3 cm³/mol. The molecule has 2 saturated heterocycles. The molecule has 0 bridgehead atoms. The molecule has 4 rings (SSSR count). The standard InChI is InChI=1S/C19H25N3O2S/c1-3-16(11-20-6-1)13-23-15-19-5-2-9-24-17(19)4-8-22(14-19)12-18-21-7-10-25-18/h1,3,6-7,10-11,17H,2,4-5,8-9,12-15H2/t17-,19+/m1/s1. The number of pyridine rings is 1. The van der Waals surface area contributed by atoms with Crippen molar-refractivity contribution in [2.75, 3.05) is 26.3 Å². The third-order valence-corrected chi connectivity index (χ3v) is 6.05. The van der Waals surface area contributed by atoms with Crippen LogP contribution in [0.15, 0.2) is 36.1 Å². The van der Waals surface area contributed by atoms with Gasteiger partial charge in [-0.2, -0.15) is 0 Å². The van der Waals surface area contributed by atoms with Crippen molar-refractivity contribution in [3.05, 3.63) is 46.7 Å². The van der Waals surface area contributed by atoms with Gasteiger partial charge in [-0.05, 0) is 30.9 Å². The lowest BCUT2D eigenvalue weighted by Gasteiger charge is -2.50. The maximum Gasteiger partial charge on any atom is 0.107 e. The number of hydrogen-bond donors (Lipinski definition) is 0. The van der Waals surface area contributed by atoms with Crippen molar-refractivity contribution >= 4 is 11.3 Å². The van der Waals surface area contributed by atoms with Crippen LogP contribution in [0.1, 0.15) is 29.8 Å². The Morgan fingerprint density at radius 1 is 1.40 bits per heavy atom. The highest BCUT2D eigenvalue weighted by Crippen LogP contribution is 2.41. The number of likely N-dealkylation sites (tertiary alicyclic amines) is 1. The van der Waals surface area contributed by atoms with Gasteiger partial charge in [0.2, 0.25) is 0 Å². The molecule has 0 unspecified atom stereocenters. The fraction of sp³-hybridized carbons (Fsp3) is 0.579. The lowest BCUT2D eigenvalue weighted by molar-refractivity contribution is -0.155. The predicted octanol–water partition coefficient (Wildman–Crippen LogP) is 3.13. The van der Waals surface area contributed by atoms with Gasteiger partial charge in [0.25, 0.3) is 0 Å². The molecule has 6 heteroatoms. The summed E-state index contributed by atoms with van der Waals surface area (Å²) < 4.78 is 12.3. The van der Waals surface area contributed by atoms with Gasteiger partial charge in [0.1, 0.15) is 5.01 Å². The molecule has 0 aliphatic carbocycles. The van der Waals surface area contributed by atoms with Crippen LogP contribution in [0, 0.1) is 5.41 Å². The summed E-state index contributed by atoms with van der Waals surface area (Å²) >= 11 is 1.74. The zero-order valence-corrected chi connectivity index (χ0v) is 15.3. The number of aromatic nitrogens is 2. The Morgan fingerprint density at radius 2 is 2.40 bits per heavy atom. The molecule has 5 nitrogen and oxygen atoms in total. The van der Waals surface area contributed by atoms with Gasteiger partial charge >= 0.3 is 0 Å². The van der Waals surface area contributed by atoms with E-state index in [1.165, 1.54) is 11.4 Å². The molecule has 2 fully saturated rings. The van der Waals surface area contributed by atoms with Crippen molar-refractivity contribution in [3.8, 4) is 0 Å². The average molecular weight is 359 g/mol. The van der Waals surface area contributed by atoms with Crippen LogP contribution in [0.3, 0.4) is 0 Å². The molecule has 0 aromatic carbocycles. The second-order valence-corrected chi connectivity index (χ2v) is 8.08. The molecular formula is C19H25N3O2S. The smallest absolute Gasteiger partial charge is 0.107 e. The molecule has 2 atom stereocenters. The van der Waals surface area contributed by atoms with E-state index in [9.17, 15) is 0 Å². The summed E-state index contributed by atoms with van der Waals surface area (Å²) in [5.41, 5.74) is 1.23. The van der Waals surface area contributed by atoms with Gasteiger partial charge in [-0.1, -0.05) is 6.07 Å². The molecule has 0 spiro atoms. The topological polar surface area (TPSA) is 47.5 Å². The Bertz CT molecular complexity index is 652. The molecule has 2 aliphatic heterocycles. The van der Waals surface area contributed by atoms with E-state index in [1.54, 1.807) is 17.5 Å². The minimum atomic E-state index is 0.107. The number of ether oxygens (including phenoxy) is 2.